The van der Waals surface area contributed by atoms with Gasteiger partial charge >= 0.3 is 47.8 Å². The van der Waals surface area contributed by atoms with Crippen molar-refractivity contribution in [2.24, 2.45) is 11.7 Å². The average molecular weight is 1610 g/mol. The number of rotatable bonds is 43. The molecule has 3 aromatic rings. The molecule has 0 radical (unpaired) electrons. The molecule has 2 aromatic carbocycles. The van der Waals surface area contributed by atoms with Crippen molar-refractivity contribution in [2.45, 2.75) is 121 Å². The summed E-state index contributed by atoms with van der Waals surface area (Å²) >= 11 is 0. The number of nitrogens with two attached hydrogens (primary N) is 1. The molecule has 8 amide bonds. The first kappa shape index (κ1) is 93.8. The standard InChI is InChI=1S/C73H109N17O24/c1-4-46(2)67(82-70(109)54(79-47(3)91)35-50-38-75-52-8-6-5-7-51(50)52)71(110)81-53(13-16-58(74)92)68(107)77-36-48-9-11-49(12-10-48)37-78-69(108)55(80-60(94)18-15-57(73(113)114)90-33-29-87(44-65(103)104)25-21-84(41-62(97)98)22-26-88(30-34-90)45-66(105)106)39-76-59(93)17-14-56(72(111)112)89-31-27-85(42-63(99)100)23-19-83(40-61(95)96)20-24-86(28-32-89)43-64(101)102/h5-12,38,46,53-57,67,75H,4,13-37,39-45H2,1-3H3,(H2,74,92)(H,76,93)(H,77,107)(H,78,108)(H,79,91)(H,80,94)(H,81,110)(H,82,109)(H,95,96)(H,97,98)(H,99,100)(H,101,102)(H,103,104)(H,105,106)(H,111,112)(H,113,114)/t46?,53-,54-,55?,56?,57?,67-/m0/s1. The molecule has 2 fully saturated rings. The quantitative estimate of drug-likeness (QED) is 0.0254. The van der Waals surface area contributed by atoms with Crippen molar-refractivity contribution in [3.63, 3.8) is 0 Å². The van der Waals surface area contributed by atoms with Crippen LogP contribution in [0.3, 0.4) is 0 Å². The largest absolute Gasteiger partial charge is 0.480 e. The van der Waals surface area contributed by atoms with Crippen molar-refractivity contribution < 1.29 is 118 Å². The van der Waals surface area contributed by atoms with E-state index in [1.807, 2.05) is 24.3 Å². The number of nitrogens with one attached hydrogen (secondary N) is 8. The van der Waals surface area contributed by atoms with Gasteiger partial charge in [-0.2, -0.15) is 0 Å². The van der Waals surface area contributed by atoms with Gasteiger partial charge in [0.25, 0.3) is 0 Å². The van der Waals surface area contributed by atoms with Gasteiger partial charge in [-0.05, 0) is 47.9 Å². The van der Waals surface area contributed by atoms with E-state index in [1.165, 1.54) is 46.1 Å². The topological polar surface area (TPSA) is 587 Å². The summed E-state index contributed by atoms with van der Waals surface area (Å²) < 4.78 is 0. The number of aliphatic carboxylic acids is 8. The van der Waals surface area contributed by atoms with Crippen LogP contribution in [-0.4, -0.2) is 367 Å². The highest BCUT2D eigenvalue weighted by Gasteiger charge is 2.36. The highest BCUT2D eigenvalue weighted by molar-refractivity contribution is 5.95. The Kier molecular flexibility index (Phi) is 39.7. The molecular formula is C73H109N17O24. The van der Waals surface area contributed by atoms with E-state index in [1.54, 1.807) is 44.3 Å². The molecule has 2 aliphatic heterocycles. The molecule has 1 aromatic heterocycles. The van der Waals surface area contributed by atoms with Gasteiger partial charge in [-0.15, -0.1) is 0 Å². The molecule has 2 aliphatic rings. The zero-order valence-corrected chi connectivity index (χ0v) is 64.3. The predicted octanol–water partition coefficient (Wildman–Crippen LogP) is -4.55. The van der Waals surface area contributed by atoms with Crippen molar-refractivity contribution >= 4 is 106 Å². The van der Waals surface area contributed by atoms with E-state index >= 15 is 0 Å². The third kappa shape index (κ3) is 34.7. The van der Waals surface area contributed by atoms with Crippen LogP contribution in [0.2, 0.25) is 0 Å². The maximum atomic E-state index is 14.4. The van der Waals surface area contributed by atoms with Crippen molar-refractivity contribution in [3.8, 4) is 0 Å². The summed E-state index contributed by atoms with van der Waals surface area (Å²) in [5, 5.41) is 99.0. The summed E-state index contributed by atoms with van der Waals surface area (Å²) in [6, 6.07) is 5.51. The molecule has 0 spiro atoms. The van der Waals surface area contributed by atoms with Crippen molar-refractivity contribution in [3.05, 3.63) is 71.4 Å². The van der Waals surface area contributed by atoms with E-state index in [0.717, 1.165) is 16.5 Å². The number of para-hydroxylation sites is 1. The average Bonchev–Trinajstić information content (AvgIpc) is 1.65. The molecule has 0 aliphatic carbocycles. The van der Waals surface area contributed by atoms with Crippen molar-refractivity contribution in [2.75, 3.05) is 151 Å². The minimum Gasteiger partial charge on any atom is -0.480 e. The zero-order valence-electron chi connectivity index (χ0n) is 64.3. The number of primary amides is 1. The lowest BCUT2D eigenvalue weighted by molar-refractivity contribution is -0.145. The number of benzene rings is 2. The monoisotopic (exact) mass is 1610 g/mol. The molecule has 7 atom stereocenters. The fourth-order valence-electron chi connectivity index (χ4n) is 13.2. The predicted molar refractivity (Wildman–Crippen MR) is 405 cm³/mol. The highest BCUT2D eigenvalue weighted by atomic mass is 16.4. The number of hydrogen-bond donors (Lipinski definition) is 17. The van der Waals surface area contributed by atoms with Crippen LogP contribution in [0.25, 0.3) is 10.9 Å². The lowest BCUT2D eigenvalue weighted by Crippen LogP contribution is -2.58. The van der Waals surface area contributed by atoms with E-state index in [-0.39, 0.29) is 137 Å². The SMILES string of the molecule is CCC(C)[C@H](NC(=O)[C@H](Cc1c[nH]c2ccccc12)NC(C)=O)C(=O)N[C@@H](CCC(N)=O)C(=O)NCc1ccc(CNC(=O)C(CNC(=O)CCC(C(=O)O)N2CCN(CC(=O)O)CCN(CC(=O)O)CCN(CC(=O)O)CC2)NC(=O)CCC(C(=O)O)N2CCN(CC(=O)O)CCN(CC(=O)O)CCN(CC(=O)O)CC2)cc1. The molecule has 41 heteroatoms. The van der Waals surface area contributed by atoms with Gasteiger partial charge < -0.3 is 88.8 Å². The number of hydrogen-bond acceptors (Lipinski definition) is 24. The Hall–Kier alpha value is -10.8. The number of H-pyrrole nitrogens is 1. The number of amides is 8. The maximum Gasteiger partial charge on any atom is 0.320 e. The smallest absolute Gasteiger partial charge is 0.320 e. The summed E-state index contributed by atoms with van der Waals surface area (Å²) in [6.07, 6.45) is -0.307. The van der Waals surface area contributed by atoms with Gasteiger partial charge in [-0.25, -0.2) is 0 Å². The lowest BCUT2D eigenvalue weighted by Gasteiger charge is -2.35. The number of carboxylic acid groups (broad SMARTS) is 8. The van der Waals surface area contributed by atoms with Gasteiger partial charge in [0, 0.05) is 174 Å². The Bertz CT molecular complexity index is 3730. The van der Waals surface area contributed by atoms with Crippen LogP contribution in [0.5, 0.6) is 0 Å². The minimum absolute atomic E-state index is 0.0251. The Morgan fingerprint density at radius 3 is 1.19 bits per heavy atom. The molecule has 2 saturated heterocycles. The Morgan fingerprint density at radius 2 is 0.816 bits per heavy atom. The molecule has 114 heavy (non-hydrogen) atoms. The Labute approximate surface area is 657 Å². The van der Waals surface area contributed by atoms with Gasteiger partial charge in [0.05, 0.1) is 39.3 Å². The second-order valence-corrected chi connectivity index (χ2v) is 28.3. The molecule has 3 heterocycles. The number of aromatic nitrogens is 1. The second kappa shape index (κ2) is 48.3. The van der Waals surface area contributed by atoms with Gasteiger partial charge in [-0.1, -0.05) is 62.7 Å². The van der Waals surface area contributed by atoms with Gasteiger partial charge in [0.1, 0.15) is 36.3 Å². The molecular weight excluding hydrogens is 1500 g/mol. The van der Waals surface area contributed by atoms with E-state index in [4.69, 9.17) is 5.73 Å². The van der Waals surface area contributed by atoms with E-state index in [2.05, 4.69) is 42.2 Å². The first-order chi connectivity index (χ1) is 54.0. The van der Waals surface area contributed by atoms with Crippen LogP contribution in [-0.2, 0) is 96.2 Å². The number of carbonyl (C=O) groups excluding carboxylic acids is 8. The van der Waals surface area contributed by atoms with E-state index in [0.29, 0.717) is 17.5 Å². The normalized spacial score (nSPS) is 17.3. The third-order valence-electron chi connectivity index (χ3n) is 19.6. The molecule has 4 unspecified atom stereocenters. The molecule has 0 bridgehead atoms. The first-order valence-electron chi connectivity index (χ1n) is 37.6. The minimum atomic E-state index is -1.62. The maximum absolute atomic E-state index is 14.4. The van der Waals surface area contributed by atoms with E-state index in [9.17, 15) is 118 Å². The molecule has 41 nitrogen and oxygen atoms in total. The van der Waals surface area contributed by atoms with Gasteiger partial charge in [-0.3, -0.25) is 116 Å². The summed E-state index contributed by atoms with van der Waals surface area (Å²) in [4.78, 5) is 222. The summed E-state index contributed by atoms with van der Waals surface area (Å²) in [5.74, 6) is -16.6. The number of aromatic amines is 1. The van der Waals surface area contributed by atoms with Gasteiger partial charge in [0.15, 0.2) is 0 Å². The number of fused-ring (bicyclic) bond motifs is 1. The van der Waals surface area contributed by atoms with Crippen LogP contribution in [0.4, 0.5) is 0 Å². The number of carboxylic acids is 8. The van der Waals surface area contributed by atoms with Crippen LogP contribution in [0, 0.1) is 5.92 Å². The van der Waals surface area contributed by atoms with Crippen LogP contribution >= 0.6 is 0 Å². The summed E-state index contributed by atoms with van der Waals surface area (Å²) in [7, 11) is 0. The number of carbonyl (C=O) groups is 16. The first-order valence-corrected chi connectivity index (χ1v) is 37.6. The molecule has 630 valence electrons. The molecule has 5 rings (SSSR count). The van der Waals surface area contributed by atoms with Crippen LogP contribution in [0.15, 0.2) is 54.7 Å². The number of nitrogens with zero attached hydrogens (tertiary/aromatic N) is 8. The fourth-order valence-corrected chi connectivity index (χ4v) is 13.2. The Morgan fingerprint density at radius 1 is 0.430 bits per heavy atom. The lowest BCUT2D eigenvalue weighted by atomic mass is 9.96. The summed E-state index contributed by atoms with van der Waals surface area (Å²) in [6.45, 7) is 0.568. The fraction of sp³-hybridized carbons (Fsp3) is 0.589. The van der Waals surface area contributed by atoms with Crippen molar-refractivity contribution in [1.82, 2.24) is 81.4 Å². The zero-order chi connectivity index (χ0) is 84.1. The van der Waals surface area contributed by atoms with E-state index < -0.39 is 209 Å². The second-order valence-electron chi connectivity index (χ2n) is 28.3. The van der Waals surface area contributed by atoms with Crippen molar-refractivity contribution in [1.29, 1.82) is 0 Å². The van der Waals surface area contributed by atoms with Crippen LogP contribution < -0.4 is 43.0 Å². The Balaban J connectivity index is 1.35. The highest BCUT2D eigenvalue weighted by Crippen LogP contribution is 2.21. The van der Waals surface area contributed by atoms with Crippen LogP contribution in [0.1, 0.15) is 82.4 Å². The summed E-state index contributed by atoms with van der Waals surface area (Å²) in [5.41, 5.74) is 7.98. The third-order valence-corrected chi connectivity index (χ3v) is 19.6. The molecule has 18 N–H and O–H groups in total. The van der Waals surface area contributed by atoms with Gasteiger partial charge in [0.2, 0.25) is 47.3 Å². The molecule has 0 saturated carbocycles.